The van der Waals surface area contributed by atoms with Gasteiger partial charge in [-0.15, -0.1) is 13.2 Å². The molecule has 110 valence electrons. The summed E-state index contributed by atoms with van der Waals surface area (Å²) in [4.78, 5) is 11.8. The molecule has 0 saturated carbocycles. The number of amides is 1. The average molecular weight is 353 g/mol. The number of hydrogen-bond acceptors (Lipinski definition) is 3. The lowest BCUT2D eigenvalue weighted by molar-refractivity contribution is -0.274. The Labute approximate surface area is 121 Å². The summed E-state index contributed by atoms with van der Waals surface area (Å²) in [5.74, 6) is -0.548. The van der Waals surface area contributed by atoms with Crippen LogP contribution in [0.15, 0.2) is 22.7 Å². The number of carbonyl (C=O) groups excluding carboxylic acids is 1. The SMILES string of the molecule is O=C(Nc1ccc(OC(F)(F)F)c(Br)c1)[C@H]1CCCN1. The molecular formula is C12H12BrF3N2O2. The lowest BCUT2D eigenvalue weighted by Crippen LogP contribution is -2.35. The van der Waals surface area contributed by atoms with Crippen LogP contribution in [0.4, 0.5) is 18.9 Å². The molecule has 0 bridgehead atoms. The molecule has 1 aromatic rings. The van der Waals surface area contributed by atoms with E-state index in [0.717, 1.165) is 25.5 Å². The van der Waals surface area contributed by atoms with E-state index in [-0.39, 0.29) is 22.2 Å². The van der Waals surface area contributed by atoms with Gasteiger partial charge in [-0.25, -0.2) is 0 Å². The fraction of sp³-hybridized carbons (Fsp3) is 0.417. The van der Waals surface area contributed by atoms with Crippen molar-refractivity contribution in [2.45, 2.75) is 25.2 Å². The Balaban J connectivity index is 2.03. The zero-order chi connectivity index (χ0) is 14.8. The first-order valence-corrected chi connectivity index (χ1v) is 6.74. The van der Waals surface area contributed by atoms with Gasteiger partial charge >= 0.3 is 6.36 Å². The summed E-state index contributed by atoms with van der Waals surface area (Å²) < 4.78 is 40.3. The van der Waals surface area contributed by atoms with Crippen molar-refractivity contribution in [3.8, 4) is 5.75 Å². The number of ether oxygens (including phenoxy) is 1. The van der Waals surface area contributed by atoms with E-state index < -0.39 is 6.36 Å². The average Bonchev–Trinajstić information content (AvgIpc) is 2.85. The minimum Gasteiger partial charge on any atom is -0.405 e. The molecule has 2 N–H and O–H groups in total. The molecule has 4 nitrogen and oxygen atoms in total. The van der Waals surface area contributed by atoms with Crippen molar-refractivity contribution in [3.63, 3.8) is 0 Å². The number of benzene rings is 1. The van der Waals surface area contributed by atoms with Crippen LogP contribution in [-0.2, 0) is 4.79 Å². The first-order valence-electron chi connectivity index (χ1n) is 5.95. The standard InChI is InChI=1S/C12H12BrF3N2O2/c13-8-6-7(3-4-10(8)20-12(14,15)16)18-11(19)9-2-1-5-17-9/h3-4,6,9,17H,1-2,5H2,(H,18,19)/t9-/m1/s1. The second kappa shape index (κ2) is 6.01. The van der Waals surface area contributed by atoms with Gasteiger partial charge in [0.15, 0.2) is 0 Å². The molecule has 1 heterocycles. The van der Waals surface area contributed by atoms with Crippen LogP contribution in [0.25, 0.3) is 0 Å². The van der Waals surface area contributed by atoms with E-state index >= 15 is 0 Å². The highest BCUT2D eigenvalue weighted by Gasteiger charge is 2.32. The lowest BCUT2D eigenvalue weighted by atomic mass is 10.2. The molecule has 1 aliphatic heterocycles. The number of alkyl halides is 3. The molecule has 1 fully saturated rings. The van der Waals surface area contributed by atoms with Crippen molar-refractivity contribution in [2.24, 2.45) is 0 Å². The van der Waals surface area contributed by atoms with E-state index in [2.05, 4.69) is 31.3 Å². The molecule has 0 spiro atoms. The van der Waals surface area contributed by atoms with Crippen molar-refractivity contribution in [1.82, 2.24) is 5.32 Å². The smallest absolute Gasteiger partial charge is 0.405 e. The van der Waals surface area contributed by atoms with Gasteiger partial charge in [0.2, 0.25) is 5.91 Å². The molecule has 0 radical (unpaired) electrons. The number of nitrogens with one attached hydrogen (secondary N) is 2. The monoisotopic (exact) mass is 352 g/mol. The van der Waals surface area contributed by atoms with Crippen LogP contribution in [0.3, 0.4) is 0 Å². The topological polar surface area (TPSA) is 50.4 Å². The Morgan fingerprint density at radius 1 is 1.45 bits per heavy atom. The van der Waals surface area contributed by atoms with Crippen molar-refractivity contribution in [1.29, 1.82) is 0 Å². The van der Waals surface area contributed by atoms with E-state index in [4.69, 9.17) is 0 Å². The van der Waals surface area contributed by atoms with E-state index in [1.807, 2.05) is 0 Å². The van der Waals surface area contributed by atoms with Gasteiger partial charge < -0.3 is 15.4 Å². The van der Waals surface area contributed by atoms with Gasteiger partial charge in [0.25, 0.3) is 0 Å². The van der Waals surface area contributed by atoms with Crippen molar-refractivity contribution in [3.05, 3.63) is 22.7 Å². The predicted molar refractivity (Wildman–Crippen MR) is 70.5 cm³/mol. The maximum absolute atomic E-state index is 12.1. The second-order valence-electron chi connectivity index (χ2n) is 4.33. The van der Waals surface area contributed by atoms with Gasteiger partial charge in [-0.3, -0.25) is 4.79 Å². The molecule has 20 heavy (non-hydrogen) atoms. The van der Waals surface area contributed by atoms with Gasteiger partial charge in [0, 0.05) is 5.69 Å². The summed E-state index contributed by atoms with van der Waals surface area (Å²) >= 11 is 2.98. The molecule has 1 aliphatic rings. The highest BCUT2D eigenvalue weighted by molar-refractivity contribution is 9.10. The fourth-order valence-corrected chi connectivity index (χ4v) is 2.38. The van der Waals surface area contributed by atoms with Crippen LogP contribution in [-0.4, -0.2) is 24.9 Å². The molecule has 0 aliphatic carbocycles. The number of rotatable bonds is 3. The molecule has 1 atom stereocenters. The Morgan fingerprint density at radius 2 is 2.20 bits per heavy atom. The summed E-state index contributed by atoms with van der Waals surface area (Å²) in [6.07, 6.45) is -3.07. The zero-order valence-corrected chi connectivity index (χ0v) is 11.8. The van der Waals surface area contributed by atoms with Crippen LogP contribution < -0.4 is 15.4 Å². The molecular weight excluding hydrogens is 341 g/mol. The van der Waals surface area contributed by atoms with Crippen LogP contribution in [0.1, 0.15) is 12.8 Å². The van der Waals surface area contributed by atoms with E-state index in [1.165, 1.54) is 12.1 Å². The number of hydrogen-bond donors (Lipinski definition) is 2. The molecule has 2 rings (SSSR count). The molecule has 1 saturated heterocycles. The lowest BCUT2D eigenvalue weighted by Gasteiger charge is -2.14. The summed E-state index contributed by atoms with van der Waals surface area (Å²) in [6.45, 7) is 0.792. The summed E-state index contributed by atoms with van der Waals surface area (Å²) in [5, 5.41) is 5.68. The van der Waals surface area contributed by atoms with Crippen molar-refractivity contribution < 1.29 is 22.7 Å². The molecule has 1 aromatic carbocycles. The zero-order valence-electron chi connectivity index (χ0n) is 10.3. The normalized spacial score (nSPS) is 18.9. The molecule has 1 amide bonds. The third kappa shape index (κ3) is 4.11. The minimum absolute atomic E-state index is 0.118. The first kappa shape index (κ1) is 15.1. The van der Waals surface area contributed by atoms with Gasteiger partial charge in [0.1, 0.15) is 5.75 Å². The van der Waals surface area contributed by atoms with Crippen LogP contribution in [0.2, 0.25) is 0 Å². The quantitative estimate of drug-likeness (QED) is 0.878. The Morgan fingerprint density at radius 3 is 2.75 bits per heavy atom. The molecule has 0 aromatic heterocycles. The van der Waals surface area contributed by atoms with E-state index in [9.17, 15) is 18.0 Å². The number of anilines is 1. The Kier molecular flexibility index (Phi) is 4.54. The fourth-order valence-electron chi connectivity index (χ4n) is 1.92. The Bertz CT molecular complexity index is 502. The van der Waals surface area contributed by atoms with Gasteiger partial charge in [-0.2, -0.15) is 0 Å². The maximum atomic E-state index is 12.1. The predicted octanol–water partition coefficient (Wildman–Crippen LogP) is 3.04. The number of carbonyl (C=O) groups is 1. The Hall–Kier alpha value is -1.28. The number of halogens is 4. The van der Waals surface area contributed by atoms with Gasteiger partial charge in [-0.1, -0.05) is 0 Å². The van der Waals surface area contributed by atoms with Gasteiger partial charge in [-0.05, 0) is 53.5 Å². The largest absolute Gasteiger partial charge is 0.573 e. The van der Waals surface area contributed by atoms with Crippen LogP contribution in [0.5, 0.6) is 5.75 Å². The molecule has 8 heteroatoms. The highest BCUT2D eigenvalue weighted by atomic mass is 79.9. The molecule has 0 unspecified atom stereocenters. The third-order valence-corrected chi connectivity index (χ3v) is 3.42. The van der Waals surface area contributed by atoms with Crippen molar-refractivity contribution >= 4 is 27.5 Å². The third-order valence-electron chi connectivity index (χ3n) is 2.80. The van der Waals surface area contributed by atoms with Crippen molar-refractivity contribution in [2.75, 3.05) is 11.9 Å². The maximum Gasteiger partial charge on any atom is 0.573 e. The highest BCUT2D eigenvalue weighted by Crippen LogP contribution is 2.32. The minimum atomic E-state index is -4.75. The van der Waals surface area contributed by atoms with Crippen LogP contribution >= 0.6 is 15.9 Å². The van der Waals surface area contributed by atoms with Gasteiger partial charge in [0.05, 0.1) is 10.5 Å². The van der Waals surface area contributed by atoms with E-state index in [0.29, 0.717) is 5.69 Å². The van der Waals surface area contributed by atoms with Crippen LogP contribution in [0, 0.1) is 0 Å². The summed E-state index contributed by atoms with van der Waals surface area (Å²) in [5.41, 5.74) is 0.407. The summed E-state index contributed by atoms with van der Waals surface area (Å²) in [7, 11) is 0. The second-order valence-corrected chi connectivity index (χ2v) is 5.19. The summed E-state index contributed by atoms with van der Waals surface area (Å²) in [6, 6.07) is 3.63. The first-order chi connectivity index (χ1) is 9.35. The van der Waals surface area contributed by atoms with E-state index in [1.54, 1.807) is 0 Å².